The summed E-state index contributed by atoms with van der Waals surface area (Å²) >= 11 is 0. The molecule has 0 saturated carbocycles. The number of rotatable bonds is 3. The molecule has 2 N–H and O–H groups in total. The summed E-state index contributed by atoms with van der Waals surface area (Å²) in [4.78, 5) is 16.0. The predicted molar refractivity (Wildman–Crippen MR) is 100 cm³/mol. The quantitative estimate of drug-likeness (QED) is 0.519. The number of nitrogens with zero attached hydrogens (tertiary/aromatic N) is 4. The maximum atomic E-state index is 4.56. The smallest absolute Gasteiger partial charge is 0.156 e. The number of imidazole rings is 1. The molecule has 6 nitrogen and oxygen atoms in total. The highest BCUT2D eigenvalue weighted by atomic mass is 15.1. The zero-order valence-electron chi connectivity index (χ0n) is 13.7. The van der Waals surface area contributed by atoms with Crippen molar-refractivity contribution >= 4 is 10.9 Å². The van der Waals surface area contributed by atoms with Gasteiger partial charge >= 0.3 is 0 Å². The van der Waals surface area contributed by atoms with Gasteiger partial charge in [0.05, 0.1) is 0 Å². The minimum Gasteiger partial charge on any atom is -0.343 e. The number of nitrogens with one attached hydrogen (secondary N) is 2. The van der Waals surface area contributed by atoms with Gasteiger partial charge < -0.3 is 4.98 Å². The molecule has 0 aliphatic heterocycles. The van der Waals surface area contributed by atoms with Crippen LogP contribution in [0.3, 0.4) is 0 Å². The maximum absolute atomic E-state index is 4.56. The minimum absolute atomic E-state index is 0.757. The molecule has 0 unspecified atom stereocenters. The average molecular weight is 338 g/mol. The first-order valence-corrected chi connectivity index (χ1v) is 8.23. The van der Waals surface area contributed by atoms with E-state index in [1.54, 1.807) is 24.8 Å². The van der Waals surface area contributed by atoms with Crippen LogP contribution in [-0.4, -0.2) is 30.1 Å². The van der Waals surface area contributed by atoms with E-state index in [1.165, 1.54) is 0 Å². The zero-order chi connectivity index (χ0) is 17.3. The highest BCUT2D eigenvalue weighted by Crippen LogP contribution is 2.36. The molecule has 0 amide bonds. The van der Waals surface area contributed by atoms with Crippen molar-refractivity contribution in [3.05, 3.63) is 73.6 Å². The molecule has 0 bridgehead atoms. The number of H-pyrrole nitrogens is 2. The summed E-state index contributed by atoms with van der Waals surface area (Å²) < 4.78 is 0. The summed E-state index contributed by atoms with van der Waals surface area (Å²) in [6.45, 7) is 0. The van der Waals surface area contributed by atoms with Gasteiger partial charge in [0.2, 0.25) is 0 Å². The molecule has 0 atom stereocenters. The Hall–Kier alpha value is -3.80. The van der Waals surface area contributed by atoms with Gasteiger partial charge in [-0.2, -0.15) is 5.10 Å². The number of aromatic nitrogens is 6. The van der Waals surface area contributed by atoms with Gasteiger partial charge in [-0.25, -0.2) is 4.98 Å². The molecule has 5 rings (SSSR count). The van der Waals surface area contributed by atoms with Gasteiger partial charge in [0.1, 0.15) is 11.2 Å². The van der Waals surface area contributed by atoms with Gasteiger partial charge in [-0.05, 0) is 29.8 Å². The van der Waals surface area contributed by atoms with E-state index >= 15 is 0 Å². The fraction of sp³-hybridized carbons (Fsp3) is 0. The second kappa shape index (κ2) is 5.93. The molecule has 0 saturated heterocycles. The SMILES string of the molecule is c1cncc(-c2cc(-c3cccnc3)c3n[nH]c(-c4ncc[nH]4)c3c2)c1. The topological polar surface area (TPSA) is 83.1 Å². The van der Waals surface area contributed by atoms with Gasteiger partial charge in [-0.1, -0.05) is 12.1 Å². The summed E-state index contributed by atoms with van der Waals surface area (Å²) in [7, 11) is 0. The molecular weight excluding hydrogens is 324 g/mol. The van der Waals surface area contributed by atoms with Crippen molar-refractivity contribution in [3.8, 4) is 33.8 Å². The third kappa shape index (κ3) is 2.36. The Morgan fingerprint density at radius 1 is 0.808 bits per heavy atom. The van der Waals surface area contributed by atoms with Crippen molar-refractivity contribution in [3.63, 3.8) is 0 Å². The van der Waals surface area contributed by atoms with Gasteiger partial charge in [-0.15, -0.1) is 0 Å². The van der Waals surface area contributed by atoms with Crippen LogP contribution in [0, 0.1) is 0 Å². The Balaban J connectivity index is 1.83. The van der Waals surface area contributed by atoms with Crippen LogP contribution in [-0.2, 0) is 0 Å². The molecule has 4 heterocycles. The number of benzene rings is 1. The fourth-order valence-electron chi connectivity index (χ4n) is 3.14. The van der Waals surface area contributed by atoms with Crippen LogP contribution >= 0.6 is 0 Å². The minimum atomic E-state index is 0.757. The van der Waals surface area contributed by atoms with Crippen LogP contribution in [0.1, 0.15) is 0 Å². The lowest BCUT2D eigenvalue weighted by molar-refractivity contribution is 1.10. The number of hydrogen-bond donors (Lipinski definition) is 2. The Morgan fingerprint density at radius 2 is 1.62 bits per heavy atom. The van der Waals surface area contributed by atoms with Crippen LogP contribution in [0.25, 0.3) is 44.7 Å². The van der Waals surface area contributed by atoms with E-state index in [4.69, 9.17) is 0 Å². The van der Waals surface area contributed by atoms with Crippen LogP contribution < -0.4 is 0 Å². The van der Waals surface area contributed by atoms with Gasteiger partial charge in [0.25, 0.3) is 0 Å². The second-order valence-electron chi connectivity index (χ2n) is 5.94. The van der Waals surface area contributed by atoms with Crippen molar-refractivity contribution in [2.45, 2.75) is 0 Å². The van der Waals surface area contributed by atoms with Crippen molar-refractivity contribution in [2.24, 2.45) is 0 Å². The third-order valence-electron chi connectivity index (χ3n) is 4.36. The Morgan fingerprint density at radius 3 is 2.31 bits per heavy atom. The van der Waals surface area contributed by atoms with Crippen molar-refractivity contribution < 1.29 is 0 Å². The van der Waals surface area contributed by atoms with E-state index in [9.17, 15) is 0 Å². The molecule has 0 spiro atoms. The Labute approximate surface area is 149 Å². The van der Waals surface area contributed by atoms with Crippen molar-refractivity contribution in [1.82, 2.24) is 30.1 Å². The van der Waals surface area contributed by atoms with E-state index in [1.807, 2.05) is 36.7 Å². The normalized spacial score (nSPS) is 11.1. The fourth-order valence-corrected chi connectivity index (χ4v) is 3.14. The molecule has 1 aromatic carbocycles. The monoisotopic (exact) mass is 338 g/mol. The largest absolute Gasteiger partial charge is 0.343 e. The third-order valence-corrected chi connectivity index (χ3v) is 4.36. The molecule has 6 heteroatoms. The van der Waals surface area contributed by atoms with E-state index in [2.05, 4.69) is 42.3 Å². The summed E-state index contributed by atoms with van der Waals surface area (Å²) in [5.74, 6) is 0.757. The van der Waals surface area contributed by atoms with E-state index in [0.29, 0.717) is 0 Å². The molecule has 5 aromatic rings. The number of pyridine rings is 2. The lowest BCUT2D eigenvalue weighted by Gasteiger charge is -2.08. The average Bonchev–Trinajstić information content (AvgIpc) is 3.38. The molecule has 4 aromatic heterocycles. The maximum Gasteiger partial charge on any atom is 0.156 e. The van der Waals surface area contributed by atoms with E-state index < -0.39 is 0 Å². The molecule has 124 valence electrons. The highest BCUT2D eigenvalue weighted by Gasteiger charge is 2.16. The molecule has 0 fully saturated rings. The second-order valence-corrected chi connectivity index (χ2v) is 5.94. The summed E-state index contributed by atoms with van der Waals surface area (Å²) in [6, 6.07) is 12.2. The summed E-state index contributed by atoms with van der Waals surface area (Å²) in [5.41, 5.74) is 5.90. The number of aromatic amines is 2. The van der Waals surface area contributed by atoms with Crippen molar-refractivity contribution in [1.29, 1.82) is 0 Å². The number of hydrogen-bond acceptors (Lipinski definition) is 4. The van der Waals surface area contributed by atoms with E-state index in [-0.39, 0.29) is 0 Å². The molecular formula is C20H14N6. The molecule has 0 aliphatic carbocycles. The van der Waals surface area contributed by atoms with Gasteiger partial charge in [0, 0.05) is 59.3 Å². The van der Waals surface area contributed by atoms with Crippen LogP contribution in [0.5, 0.6) is 0 Å². The van der Waals surface area contributed by atoms with Crippen LogP contribution in [0.15, 0.2) is 73.6 Å². The first-order valence-electron chi connectivity index (χ1n) is 8.23. The van der Waals surface area contributed by atoms with Crippen LogP contribution in [0.4, 0.5) is 0 Å². The lowest BCUT2D eigenvalue weighted by Crippen LogP contribution is -1.87. The highest BCUT2D eigenvalue weighted by molar-refractivity contribution is 6.03. The van der Waals surface area contributed by atoms with Gasteiger partial charge in [-0.3, -0.25) is 15.1 Å². The molecule has 0 radical (unpaired) electrons. The molecule has 0 aliphatic rings. The first-order chi connectivity index (χ1) is 12.9. The zero-order valence-corrected chi connectivity index (χ0v) is 13.7. The van der Waals surface area contributed by atoms with Crippen molar-refractivity contribution in [2.75, 3.05) is 0 Å². The first kappa shape index (κ1) is 14.5. The predicted octanol–water partition coefficient (Wildman–Crippen LogP) is 4.08. The standard InChI is InChI=1S/C20H14N6/c1-3-13(11-21-5-1)15-9-16(14-4-2-6-22-12-14)18-17(10-15)19(26-25-18)20-23-7-8-24-20/h1-12H,(H,23,24)(H,25,26). The Bertz CT molecular complexity index is 1160. The van der Waals surface area contributed by atoms with E-state index in [0.717, 1.165) is 44.7 Å². The Kier molecular flexibility index (Phi) is 3.31. The number of fused-ring (bicyclic) bond motifs is 1. The van der Waals surface area contributed by atoms with Gasteiger partial charge in [0.15, 0.2) is 5.82 Å². The molecule has 26 heavy (non-hydrogen) atoms. The summed E-state index contributed by atoms with van der Waals surface area (Å²) in [5, 5.41) is 8.68. The van der Waals surface area contributed by atoms with Crippen LogP contribution in [0.2, 0.25) is 0 Å². The summed E-state index contributed by atoms with van der Waals surface area (Å²) in [6.07, 6.45) is 10.8. The lowest BCUT2D eigenvalue weighted by atomic mass is 9.97.